The number of hydrogen-bond acceptors (Lipinski definition) is 4. The summed E-state index contributed by atoms with van der Waals surface area (Å²) in [5, 5.41) is 0. The van der Waals surface area contributed by atoms with E-state index in [0.717, 1.165) is 16.7 Å². The highest BCUT2D eigenvalue weighted by Gasteiger charge is 2.17. The van der Waals surface area contributed by atoms with Crippen LogP contribution in [0.2, 0.25) is 0 Å². The third kappa shape index (κ3) is 3.08. The fraction of sp³-hybridized carbons (Fsp3) is 0.278. The van der Waals surface area contributed by atoms with Gasteiger partial charge in [0.25, 0.3) is 5.91 Å². The molecule has 0 aliphatic carbocycles. The zero-order valence-corrected chi connectivity index (χ0v) is 14.1. The number of benzene rings is 1. The molecule has 0 radical (unpaired) electrons. The fourth-order valence-corrected chi connectivity index (χ4v) is 2.63. The molecule has 0 bridgehead atoms. The molecule has 0 saturated heterocycles. The van der Waals surface area contributed by atoms with Gasteiger partial charge in [-0.1, -0.05) is 12.1 Å². The monoisotopic (exact) mass is 324 g/mol. The number of ether oxygens (including phenoxy) is 1. The van der Waals surface area contributed by atoms with Gasteiger partial charge in [-0.15, -0.1) is 0 Å². The van der Waals surface area contributed by atoms with E-state index in [1.165, 1.54) is 0 Å². The molecular weight excluding hydrogens is 304 g/mol. The average Bonchev–Trinajstić information content (AvgIpc) is 3.02. The van der Waals surface area contributed by atoms with E-state index in [1.54, 1.807) is 37.6 Å². The van der Waals surface area contributed by atoms with Crippen LogP contribution in [0.4, 0.5) is 0 Å². The number of fused-ring (bicyclic) bond motifs is 1. The number of likely N-dealkylation sites (N-methyl/N-ethyl adjacent to an activating group) is 1. The lowest BCUT2D eigenvalue weighted by atomic mass is 10.2. The maximum atomic E-state index is 12.7. The Morgan fingerprint density at radius 3 is 2.88 bits per heavy atom. The number of aryl methyl sites for hydroxylation is 1. The molecule has 0 N–H and O–H groups in total. The van der Waals surface area contributed by atoms with E-state index in [4.69, 9.17) is 4.74 Å². The maximum Gasteiger partial charge on any atom is 0.257 e. The summed E-state index contributed by atoms with van der Waals surface area (Å²) in [6.45, 7) is 3.10. The van der Waals surface area contributed by atoms with Crippen LogP contribution in [0.15, 0.2) is 42.9 Å². The number of pyridine rings is 1. The van der Waals surface area contributed by atoms with Gasteiger partial charge in [0, 0.05) is 25.8 Å². The number of para-hydroxylation sites is 2. The highest BCUT2D eigenvalue weighted by Crippen LogP contribution is 2.19. The summed E-state index contributed by atoms with van der Waals surface area (Å²) >= 11 is 0. The molecule has 0 aliphatic rings. The fourth-order valence-electron chi connectivity index (χ4n) is 2.63. The molecule has 1 aromatic carbocycles. The molecule has 0 unspecified atom stereocenters. The van der Waals surface area contributed by atoms with Crippen LogP contribution in [0, 0.1) is 6.92 Å². The van der Waals surface area contributed by atoms with Crippen molar-refractivity contribution in [3.05, 3.63) is 54.1 Å². The minimum atomic E-state index is -0.0817. The van der Waals surface area contributed by atoms with Crippen molar-refractivity contribution in [1.29, 1.82) is 0 Å². The zero-order chi connectivity index (χ0) is 17.1. The summed E-state index contributed by atoms with van der Waals surface area (Å²) in [6, 6.07) is 9.71. The number of aromatic nitrogens is 3. The van der Waals surface area contributed by atoms with Crippen molar-refractivity contribution in [2.45, 2.75) is 13.5 Å². The van der Waals surface area contributed by atoms with Crippen molar-refractivity contribution in [2.75, 3.05) is 20.7 Å². The number of imidazole rings is 1. The van der Waals surface area contributed by atoms with Gasteiger partial charge >= 0.3 is 0 Å². The lowest BCUT2D eigenvalue weighted by molar-refractivity contribution is 0.0787. The molecule has 2 heterocycles. The standard InChI is InChI=1S/C18H20N4O2/c1-13-10-14(17(24-3)11-19-13)18(23)21(2)8-9-22-12-20-15-6-4-5-7-16(15)22/h4-7,10-12H,8-9H2,1-3H3. The average molecular weight is 324 g/mol. The lowest BCUT2D eigenvalue weighted by Gasteiger charge is -2.19. The molecule has 3 aromatic rings. The second-order valence-corrected chi connectivity index (χ2v) is 5.68. The van der Waals surface area contributed by atoms with Crippen molar-refractivity contribution in [1.82, 2.24) is 19.4 Å². The number of nitrogens with zero attached hydrogens (tertiary/aromatic N) is 4. The number of carbonyl (C=O) groups excluding carboxylic acids is 1. The Morgan fingerprint density at radius 2 is 2.08 bits per heavy atom. The number of carbonyl (C=O) groups is 1. The third-order valence-electron chi connectivity index (χ3n) is 4.00. The van der Waals surface area contributed by atoms with Gasteiger partial charge in [-0.3, -0.25) is 9.78 Å². The Morgan fingerprint density at radius 1 is 1.29 bits per heavy atom. The minimum absolute atomic E-state index is 0.0817. The summed E-state index contributed by atoms with van der Waals surface area (Å²) in [5.74, 6) is 0.410. The van der Waals surface area contributed by atoms with Gasteiger partial charge < -0.3 is 14.2 Å². The second-order valence-electron chi connectivity index (χ2n) is 5.68. The van der Waals surface area contributed by atoms with E-state index in [1.807, 2.05) is 35.8 Å². The van der Waals surface area contributed by atoms with Crippen LogP contribution in [-0.4, -0.2) is 46.0 Å². The van der Waals surface area contributed by atoms with Gasteiger partial charge in [-0.05, 0) is 25.1 Å². The van der Waals surface area contributed by atoms with Crippen molar-refractivity contribution in [3.8, 4) is 5.75 Å². The van der Waals surface area contributed by atoms with E-state index < -0.39 is 0 Å². The Balaban J connectivity index is 1.74. The van der Waals surface area contributed by atoms with Crippen LogP contribution in [-0.2, 0) is 6.54 Å². The van der Waals surface area contributed by atoms with Gasteiger partial charge in [0.2, 0.25) is 0 Å². The molecule has 0 fully saturated rings. The van der Waals surface area contributed by atoms with Crippen molar-refractivity contribution in [2.24, 2.45) is 0 Å². The minimum Gasteiger partial charge on any atom is -0.494 e. The molecule has 6 heteroatoms. The quantitative estimate of drug-likeness (QED) is 0.723. The third-order valence-corrected chi connectivity index (χ3v) is 4.00. The predicted molar refractivity (Wildman–Crippen MR) is 92.2 cm³/mol. The molecular formula is C18H20N4O2. The van der Waals surface area contributed by atoms with Gasteiger partial charge in [-0.25, -0.2) is 4.98 Å². The summed E-state index contributed by atoms with van der Waals surface area (Å²) in [7, 11) is 3.33. The Labute approximate surface area is 140 Å². The van der Waals surface area contributed by atoms with E-state index in [9.17, 15) is 4.79 Å². The molecule has 24 heavy (non-hydrogen) atoms. The SMILES string of the molecule is COc1cnc(C)cc1C(=O)N(C)CCn1cnc2ccccc21. The first kappa shape index (κ1) is 16.0. The molecule has 0 aliphatic heterocycles. The topological polar surface area (TPSA) is 60.2 Å². The summed E-state index contributed by atoms with van der Waals surface area (Å²) < 4.78 is 7.30. The van der Waals surface area contributed by atoms with E-state index in [2.05, 4.69) is 9.97 Å². The van der Waals surface area contributed by atoms with E-state index in [-0.39, 0.29) is 5.91 Å². The summed E-state index contributed by atoms with van der Waals surface area (Å²) in [4.78, 5) is 22.9. The molecule has 6 nitrogen and oxygen atoms in total. The van der Waals surface area contributed by atoms with Crippen molar-refractivity contribution < 1.29 is 9.53 Å². The van der Waals surface area contributed by atoms with Crippen molar-refractivity contribution in [3.63, 3.8) is 0 Å². The van der Waals surface area contributed by atoms with Crippen LogP contribution in [0.25, 0.3) is 11.0 Å². The molecule has 0 atom stereocenters. The zero-order valence-electron chi connectivity index (χ0n) is 14.1. The van der Waals surface area contributed by atoms with Gasteiger partial charge in [-0.2, -0.15) is 0 Å². The van der Waals surface area contributed by atoms with E-state index >= 15 is 0 Å². The van der Waals surface area contributed by atoms with Gasteiger partial charge in [0.15, 0.2) is 0 Å². The number of rotatable bonds is 5. The molecule has 0 saturated carbocycles. The Kier molecular flexibility index (Phi) is 4.46. The van der Waals surface area contributed by atoms with Crippen molar-refractivity contribution >= 4 is 16.9 Å². The number of methoxy groups -OCH3 is 1. The first-order valence-corrected chi connectivity index (χ1v) is 7.76. The first-order valence-electron chi connectivity index (χ1n) is 7.76. The van der Waals surface area contributed by atoms with Gasteiger partial charge in [0.1, 0.15) is 5.75 Å². The Hall–Kier alpha value is -2.89. The van der Waals surface area contributed by atoms with Crippen LogP contribution in [0.3, 0.4) is 0 Å². The molecule has 1 amide bonds. The number of amides is 1. The highest BCUT2D eigenvalue weighted by atomic mass is 16.5. The molecule has 3 rings (SSSR count). The molecule has 124 valence electrons. The smallest absolute Gasteiger partial charge is 0.257 e. The van der Waals surface area contributed by atoms with E-state index in [0.29, 0.717) is 24.4 Å². The van der Waals surface area contributed by atoms with Crippen LogP contribution in [0.5, 0.6) is 5.75 Å². The summed E-state index contributed by atoms with van der Waals surface area (Å²) in [5.41, 5.74) is 3.34. The van der Waals surface area contributed by atoms with Gasteiger partial charge in [0.05, 0.1) is 36.2 Å². The summed E-state index contributed by atoms with van der Waals surface area (Å²) in [6.07, 6.45) is 3.39. The normalized spacial score (nSPS) is 10.8. The first-order chi connectivity index (χ1) is 11.6. The van der Waals surface area contributed by atoms with Crippen LogP contribution in [0.1, 0.15) is 16.1 Å². The van der Waals surface area contributed by atoms with Crippen LogP contribution >= 0.6 is 0 Å². The highest BCUT2D eigenvalue weighted by molar-refractivity contribution is 5.96. The predicted octanol–water partition coefficient (Wildman–Crippen LogP) is 2.52. The maximum absolute atomic E-state index is 12.7. The largest absolute Gasteiger partial charge is 0.494 e. The lowest BCUT2D eigenvalue weighted by Crippen LogP contribution is -2.30. The molecule has 2 aromatic heterocycles. The molecule has 0 spiro atoms. The number of hydrogen-bond donors (Lipinski definition) is 0. The Bertz CT molecular complexity index is 872. The van der Waals surface area contributed by atoms with Crippen LogP contribution < -0.4 is 4.74 Å². The second kappa shape index (κ2) is 6.70.